The number of rotatable bonds is 3. The number of alkyl halides is 1. The predicted octanol–water partition coefficient (Wildman–Crippen LogP) is 4.21. The minimum Gasteiger partial charge on any atom is -0.122 e. The highest BCUT2D eigenvalue weighted by atomic mass is 35.5. The van der Waals surface area contributed by atoms with E-state index in [2.05, 4.69) is 37.3 Å². The summed E-state index contributed by atoms with van der Waals surface area (Å²) < 4.78 is 0. The van der Waals surface area contributed by atoms with Gasteiger partial charge in [0, 0.05) is 5.88 Å². The van der Waals surface area contributed by atoms with Crippen molar-refractivity contribution in [2.24, 2.45) is 0 Å². The summed E-state index contributed by atoms with van der Waals surface area (Å²) in [5.41, 5.74) is 3.96. The molecule has 1 aliphatic carbocycles. The summed E-state index contributed by atoms with van der Waals surface area (Å²) >= 11 is 5.73. The quantitative estimate of drug-likeness (QED) is 0.650. The Morgan fingerprint density at radius 2 is 2.00 bits per heavy atom. The zero-order valence-electron chi connectivity index (χ0n) is 8.46. The first-order valence-corrected chi connectivity index (χ1v) is 5.66. The molecule has 74 valence electrons. The molecule has 0 atom stereocenters. The Kier molecular flexibility index (Phi) is 2.93. The second-order valence-corrected chi connectivity index (χ2v) is 4.33. The highest BCUT2D eigenvalue weighted by molar-refractivity contribution is 6.19. The molecule has 1 aromatic rings. The van der Waals surface area contributed by atoms with Crippen LogP contribution in [0.3, 0.4) is 0 Å². The van der Waals surface area contributed by atoms with Crippen LogP contribution in [0, 0.1) is 0 Å². The first kappa shape index (κ1) is 9.79. The Hall–Kier alpha value is -0.750. The van der Waals surface area contributed by atoms with Crippen LogP contribution >= 0.6 is 11.6 Å². The molecule has 0 amide bonds. The number of halogens is 1. The zero-order valence-corrected chi connectivity index (χ0v) is 9.22. The third-order valence-corrected chi connectivity index (χ3v) is 3.03. The molecule has 0 unspecified atom stereocenters. The van der Waals surface area contributed by atoms with Crippen molar-refractivity contribution in [1.82, 2.24) is 0 Å². The largest absolute Gasteiger partial charge is 0.122 e. The van der Waals surface area contributed by atoms with Crippen molar-refractivity contribution in [3.8, 4) is 0 Å². The van der Waals surface area contributed by atoms with Crippen molar-refractivity contribution in [2.45, 2.75) is 25.7 Å². The van der Waals surface area contributed by atoms with E-state index in [0.29, 0.717) is 5.88 Å². The van der Waals surface area contributed by atoms with Crippen molar-refractivity contribution >= 4 is 17.7 Å². The topological polar surface area (TPSA) is 0 Å². The molecule has 0 heterocycles. The summed E-state index contributed by atoms with van der Waals surface area (Å²) in [6.45, 7) is 2.06. The molecule has 0 bridgehead atoms. The Morgan fingerprint density at radius 1 is 1.36 bits per heavy atom. The van der Waals surface area contributed by atoms with Gasteiger partial charge in [0.05, 0.1) is 0 Å². The van der Waals surface area contributed by atoms with Crippen molar-refractivity contribution < 1.29 is 0 Å². The summed E-state index contributed by atoms with van der Waals surface area (Å²) in [4.78, 5) is 0. The molecule has 0 saturated heterocycles. The normalized spacial score (nSPS) is 17.1. The lowest BCUT2D eigenvalue weighted by Crippen LogP contribution is -1.81. The highest BCUT2D eigenvalue weighted by Gasteiger charge is 2.22. The van der Waals surface area contributed by atoms with Gasteiger partial charge in [-0.3, -0.25) is 0 Å². The molecule has 0 radical (unpaired) electrons. The molecule has 0 N–H and O–H groups in total. The molecule has 0 spiro atoms. The average molecular weight is 207 g/mol. The van der Waals surface area contributed by atoms with Gasteiger partial charge in [-0.2, -0.15) is 0 Å². The zero-order chi connectivity index (χ0) is 9.97. The molecule has 1 heteroatoms. The highest BCUT2D eigenvalue weighted by Crippen LogP contribution is 2.39. The van der Waals surface area contributed by atoms with Crippen LogP contribution in [-0.2, 0) is 0 Å². The van der Waals surface area contributed by atoms with Crippen LogP contribution in [0.4, 0.5) is 0 Å². The molecule has 1 aliphatic rings. The maximum Gasteiger partial charge on any atom is 0.0434 e. The Labute approximate surface area is 90.6 Å². The van der Waals surface area contributed by atoms with Gasteiger partial charge in [0.15, 0.2) is 0 Å². The van der Waals surface area contributed by atoms with Gasteiger partial charge in [-0.25, -0.2) is 0 Å². The summed E-state index contributed by atoms with van der Waals surface area (Å²) in [7, 11) is 0. The first-order valence-electron chi connectivity index (χ1n) is 5.12. The molecule has 0 nitrogen and oxygen atoms in total. The fraction of sp³-hybridized carbons (Fsp3) is 0.385. The fourth-order valence-electron chi connectivity index (χ4n) is 1.60. The molecule has 1 aromatic carbocycles. The standard InChI is InChI=1S/C13H15Cl/c1-10(9-14)8-11-2-4-12(5-3-11)13-6-7-13/h2-5,8,13H,6-7,9H2,1H3. The fourth-order valence-corrected chi connectivity index (χ4v) is 1.68. The predicted molar refractivity (Wildman–Crippen MR) is 62.8 cm³/mol. The molecule has 1 saturated carbocycles. The Morgan fingerprint density at radius 3 is 2.50 bits per heavy atom. The van der Waals surface area contributed by atoms with Crippen LogP contribution < -0.4 is 0 Å². The lowest BCUT2D eigenvalue weighted by molar-refractivity contribution is 1.13. The number of hydrogen-bond acceptors (Lipinski definition) is 0. The van der Waals surface area contributed by atoms with Gasteiger partial charge in [0.25, 0.3) is 0 Å². The van der Waals surface area contributed by atoms with Gasteiger partial charge in [-0.1, -0.05) is 35.9 Å². The molecule has 0 aliphatic heterocycles. The second-order valence-electron chi connectivity index (χ2n) is 4.07. The van der Waals surface area contributed by atoms with Crippen LogP contribution in [0.5, 0.6) is 0 Å². The Balaban J connectivity index is 2.13. The smallest absolute Gasteiger partial charge is 0.0434 e. The van der Waals surface area contributed by atoms with Crippen LogP contribution in [0.2, 0.25) is 0 Å². The van der Waals surface area contributed by atoms with E-state index < -0.39 is 0 Å². The minimum atomic E-state index is 0.615. The number of benzene rings is 1. The monoisotopic (exact) mass is 206 g/mol. The molecule has 0 aromatic heterocycles. The van der Waals surface area contributed by atoms with E-state index in [4.69, 9.17) is 11.6 Å². The van der Waals surface area contributed by atoms with Gasteiger partial charge in [-0.15, -0.1) is 11.6 Å². The number of allylic oxidation sites excluding steroid dienone is 1. The summed E-state index contributed by atoms with van der Waals surface area (Å²) in [6.07, 6.45) is 4.88. The van der Waals surface area contributed by atoms with Crippen LogP contribution in [0.25, 0.3) is 6.08 Å². The van der Waals surface area contributed by atoms with Crippen molar-refractivity contribution in [2.75, 3.05) is 5.88 Å². The van der Waals surface area contributed by atoms with Crippen molar-refractivity contribution in [3.63, 3.8) is 0 Å². The van der Waals surface area contributed by atoms with Gasteiger partial charge < -0.3 is 0 Å². The van der Waals surface area contributed by atoms with E-state index in [-0.39, 0.29) is 0 Å². The van der Waals surface area contributed by atoms with Gasteiger partial charge >= 0.3 is 0 Å². The van der Waals surface area contributed by atoms with E-state index in [1.54, 1.807) is 0 Å². The van der Waals surface area contributed by atoms with Crippen LogP contribution in [0.1, 0.15) is 36.8 Å². The van der Waals surface area contributed by atoms with E-state index >= 15 is 0 Å². The van der Waals surface area contributed by atoms with E-state index in [9.17, 15) is 0 Å². The third-order valence-electron chi connectivity index (χ3n) is 2.61. The van der Waals surface area contributed by atoms with E-state index in [1.807, 2.05) is 0 Å². The molecule has 14 heavy (non-hydrogen) atoms. The molecular formula is C13H15Cl. The summed E-state index contributed by atoms with van der Waals surface area (Å²) in [5, 5.41) is 0. The molecular weight excluding hydrogens is 192 g/mol. The maximum absolute atomic E-state index is 5.73. The SMILES string of the molecule is CC(=Cc1ccc(C2CC2)cc1)CCl. The van der Waals surface area contributed by atoms with Crippen LogP contribution in [0.15, 0.2) is 29.8 Å². The first-order chi connectivity index (χ1) is 6.79. The molecule has 2 rings (SSSR count). The summed E-state index contributed by atoms with van der Waals surface area (Å²) in [5.74, 6) is 1.46. The van der Waals surface area contributed by atoms with Gasteiger partial charge in [0.2, 0.25) is 0 Å². The van der Waals surface area contributed by atoms with E-state index in [0.717, 1.165) is 5.92 Å². The van der Waals surface area contributed by atoms with Crippen LogP contribution in [-0.4, -0.2) is 5.88 Å². The van der Waals surface area contributed by atoms with Crippen molar-refractivity contribution in [1.29, 1.82) is 0 Å². The third kappa shape index (κ3) is 2.39. The maximum atomic E-state index is 5.73. The minimum absolute atomic E-state index is 0.615. The Bertz CT molecular complexity index is 331. The number of hydrogen-bond donors (Lipinski definition) is 0. The van der Waals surface area contributed by atoms with Gasteiger partial charge in [-0.05, 0) is 36.8 Å². The van der Waals surface area contributed by atoms with Crippen molar-refractivity contribution in [3.05, 3.63) is 41.0 Å². The van der Waals surface area contributed by atoms with E-state index in [1.165, 1.54) is 29.5 Å². The van der Waals surface area contributed by atoms with Gasteiger partial charge in [0.1, 0.15) is 0 Å². The average Bonchev–Trinajstić information content (AvgIpc) is 3.02. The lowest BCUT2D eigenvalue weighted by atomic mass is 10.1. The summed E-state index contributed by atoms with van der Waals surface area (Å²) in [6, 6.07) is 8.85. The molecule has 1 fully saturated rings. The lowest BCUT2D eigenvalue weighted by Gasteiger charge is -1.99. The second kappa shape index (κ2) is 4.18.